The molecule has 30 heavy (non-hydrogen) atoms. The van der Waals surface area contributed by atoms with Gasteiger partial charge in [-0.05, 0) is 36.5 Å². The number of anilines is 2. The summed E-state index contributed by atoms with van der Waals surface area (Å²) >= 11 is 11.3. The molecule has 2 N–H and O–H groups in total. The van der Waals surface area contributed by atoms with Crippen LogP contribution in [0.15, 0.2) is 36.4 Å². The molecule has 1 aliphatic heterocycles. The molecular weight excluding hydrogens is 432 g/mol. The van der Waals surface area contributed by atoms with Crippen LogP contribution in [0.4, 0.5) is 17.1 Å². The number of thiocarbonyl (C=S) groups is 1. The Labute approximate surface area is 183 Å². The van der Waals surface area contributed by atoms with Gasteiger partial charge in [0.1, 0.15) is 5.75 Å². The Bertz CT molecular complexity index is 981. The molecule has 2 aromatic rings. The van der Waals surface area contributed by atoms with E-state index in [1.807, 2.05) is 4.90 Å². The van der Waals surface area contributed by atoms with E-state index < -0.39 is 10.8 Å². The first kappa shape index (κ1) is 21.8. The fourth-order valence-corrected chi connectivity index (χ4v) is 3.44. The molecule has 0 bridgehead atoms. The largest absolute Gasteiger partial charge is 0.495 e. The van der Waals surface area contributed by atoms with Crippen molar-refractivity contribution >= 4 is 51.9 Å². The van der Waals surface area contributed by atoms with Crippen molar-refractivity contribution in [1.29, 1.82) is 0 Å². The molecule has 2 aromatic carbocycles. The summed E-state index contributed by atoms with van der Waals surface area (Å²) in [4.78, 5) is 25.5. The molecule has 0 atom stereocenters. The molecule has 1 heterocycles. The van der Waals surface area contributed by atoms with Crippen LogP contribution in [0.2, 0.25) is 5.02 Å². The van der Waals surface area contributed by atoms with Crippen LogP contribution in [0, 0.1) is 10.1 Å². The minimum Gasteiger partial charge on any atom is -0.495 e. The number of nitrogens with zero attached hydrogens (tertiary/aromatic N) is 2. The second-order valence-electron chi connectivity index (χ2n) is 6.32. The average molecular weight is 451 g/mol. The van der Waals surface area contributed by atoms with Crippen LogP contribution >= 0.6 is 23.8 Å². The van der Waals surface area contributed by atoms with Gasteiger partial charge in [0, 0.05) is 30.9 Å². The molecule has 11 heteroatoms. The normalized spacial score (nSPS) is 13.5. The average Bonchev–Trinajstić information content (AvgIpc) is 2.74. The Balaban J connectivity index is 1.79. The lowest BCUT2D eigenvalue weighted by Gasteiger charge is -2.30. The highest BCUT2D eigenvalue weighted by molar-refractivity contribution is 7.80. The van der Waals surface area contributed by atoms with E-state index in [0.717, 1.165) is 0 Å². The van der Waals surface area contributed by atoms with Crippen LogP contribution in [-0.2, 0) is 4.74 Å². The minimum absolute atomic E-state index is 0.0284. The summed E-state index contributed by atoms with van der Waals surface area (Å²) in [7, 11) is 1.50. The molecule has 158 valence electrons. The van der Waals surface area contributed by atoms with Crippen LogP contribution in [0.25, 0.3) is 0 Å². The van der Waals surface area contributed by atoms with Gasteiger partial charge in [0.15, 0.2) is 5.11 Å². The van der Waals surface area contributed by atoms with Gasteiger partial charge in [-0.2, -0.15) is 0 Å². The Morgan fingerprint density at radius 2 is 2.00 bits per heavy atom. The van der Waals surface area contributed by atoms with Gasteiger partial charge in [0.25, 0.3) is 11.6 Å². The predicted octanol–water partition coefficient (Wildman–Crippen LogP) is 3.22. The molecule has 0 radical (unpaired) electrons. The van der Waals surface area contributed by atoms with Crippen molar-refractivity contribution < 1.29 is 19.2 Å². The number of nitro groups is 1. The molecule has 0 unspecified atom stereocenters. The maximum atomic E-state index is 12.9. The summed E-state index contributed by atoms with van der Waals surface area (Å²) in [5.74, 6) is -0.0544. The number of carbonyl (C=O) groups excluding carboxylic acids is 1. The number of non-ortho nitro benzene ring substituents is 1. The molecule has 0 aromatic heterocycles. The number of hydrogen-bond acceptors (Lipinski definition) is 7. The molecule has 0 spiro atoms. The molecule has 1 fully saturated rings. The van der Waals surface area contributed by atoms with Gasteiger partial charge >= 0.3 is 0 Å². The Kier molecular flexibility index (Phi) is 7.03. The van der Waals surface area contributed by atoms with E-state index in [4.69, 9.17) is 33.3 Å². The van der Waals surface area contributed by atoms with Crippen molar-refractivity contribution in [2.24, 2.45) is 0 Å². The summed E-state index contributed by atoms with van der Waals surface area (Å²) in [6, 6.07) is 9.13. The fraction of sp³-hybridized carbons (Fsp3) is 0.263. The van der Waals surface area contributed by atoms with Gasteiger partial charge in [0.2, 0.25) is 0 Å². The number of nitrogens with one attached hydrogen (secondary N) is 2. The fourth-order valence-electron chi connectivity index (χ4n) is 2.98. The highest BCUT2D eigenvalue weighted by Gasteiger charge is 2.22. The van der Waals surface area contributed by atoms with Crippen molar-refractivity contribution in [3.8, 4) is 5.75 Å². The third-order valence-corrected chi connectivity index (χ3v) is 4.92. The van der Waals surface area contributed by atoms with Gasteiger partial charge in [0.05, 0.1) is 41.5 Å². The number of amides is 1. The standard InChI is InChI=1S/C19H19ClN4O5S/c1-28-17-5-2-12(10-15(17)20)21-19(30)22-18(25)14-11-13(24(26)27)3-4-16(14)23-6-8-29-9-7-23/h2-5,10-11H,6-9H2,1H3,(H2,21,22,25,30). The number of hydrogen-bond donors (Lipinski definition) is 2. The van der Waals surface area contributed by atoms with E-state index in [2.05, 4.69) is 10.6 Å². The van der Waals surface area contributed by atoms with Gasteiger partial charge in [-0.15, -0.1) is 0 Å². The molecular formula is C19H19ClN4O5S. The molecule has 3 rings (SSSR count). The monoisotopic (exact) mass is 450 g/mol. The Morgan fingerprint density at radius 1 is 1.27 bits per heavy atom. The number of ether oxygens (including phenoxy) is 2. The third kappa shape index (κ3) is 5.15. The molecule has 1 saturated heterocycles. The zero-order valence-corrected chi connectivity index (χ0v) is 17.6. The van der Waals surface area contributed by atoms with Crippen molar-refractivity contribution in [1.82, 2.24) is 5.32 Å². The SMILES string of the molecule is COc1ccc(NC(=S)NC(=O)c2cc([N+](=O)[O-])ccc2N2CCOCC2)cc1Cl. The van der Waals surface area contributed by atoms with Crippen LogP contribution in [0.1, 0.15) is 10.4 Å². The zero-order valence-electron chi connectivity index (χ0n) is 16.0. The van der Waals surface area contributed by atoms with Gasteiger partial charge in [-0.3, -0.25) is 20.2 Å². The van der Waals surface area contributed by atoms with E-state index in [1.54, 1.807) is 24.3 Å². The van der Waals surface area contributed by atoms with Crippen LogP contribution in [0.5, 0.6) is 5.75 Å². The summed E-state index contributed by atoms with van der Waals surface area (Å²) in [5.41, 5.74) is 1.11. The zero-order chi connectivity index (χ0) is 21.7. The van der Waals surface area contributed by atoms with Crippen molar-refractivity contribution in [2.75, 3.05) is 43.6 Å². The summed E-state index contributed by atoms with van der Waals surface area (Å²) in [6.45, 7) is 2.17. The number of rotatable bonds is 5. The summed E-state index contributed by atoms with van der Waals surface area (Å²) in [5, 5.41) is 17.0. The lowest BCUT2D eigenvalue weighted by molar-refractivity contribution is -0.384. The van der Waals surface area contributed by atoms with E-state index in [1.165, 1.54) is 19.2 Å². The number of benzene rings is 2. The highest BCUT2D eigenvalue weighted by atomic mass is 35.5. The predicted molar refractivity (Wildman–Crippen MR) is 118 cm³/mol. The number of halogens is 1. The van der Waals surface area contributed by atoms with Crippen LogP contribution < -0.4 is 20.3 Å². The lowest BCUT2D eigenvalue weighted by Crippen LogP contribution is -2.39. The highest BCUT2D eigenvalue weighted by Crippen LogP contribution is 2.28. The molecule has 1 aliphatic rings. The van der Waals surface area contributed by atoms with Gasteiger partial charge in [-0.1, -0.05) is 11.6 Å². The van der Waals surface area contributed by atoms with Gasteiger partial charge in [-0.25, -0.2) is 0 Å². The number of carbonyl (C=O) groups is 1. The second-order valence-corrected chi connectivity index (χ2v) is 7.13. The number of methoxy groups -OCH3 is 1. The Hall–Kier alpha value is -2.95. The van der Waals surface area contributed by atoms with Crippen molar-refractivity contribution in [2.45, 2.75) is 0 Å². The minimum atomic E-state index is -0.558. The number of morpholine rings is 1. The quantitative estimate of drug-likeness (QED) is 0.406. The van der Waals surface area contributed by atoms with Crippen molar-refractivity contribution in [3.05, 3.63) is 57.1 Å². The maximum absolute atomic E-state index is 12.9. The molecule has 0 aliphatic carbocycles. The van der Waals surface area contributed by atoms with Gasteiger partial charge < -0.3 is 19.7 Å². The first-order valence-corrected chi connectivity index (χ1v) is 9.74. The summed E-state index contributed by atoms with van der Waals surface area (Å²) in [6.07, 6.45) is 0. The molecule has 1 amide bonds. The van der Waals surface area contributed by atoms with E-state index in [9.17, 15) is 14.9 Å². The number of nitro benzene ring substituents is 1. The third-order valence-electron chi connectivity index (χ3n) is 4.42. The van der Waals surface area contributed by atoms with Crippen LogP contribution in [-0.4, -0.2) is 49.4 Å². The van der Waals surface area contributed by atoms with E-state index >= 15 is 0 Å². The van der Waals surface area contributed by atoms with E-state index in [-0.39, 0.29) is 16.4 Å². The lowest BCUT2D eigenvalue weighted by atomic mass is 10.1. The van der Waals surface area contributed by atoms with Crippen molar-refractivity contribution in [3.63, 3.8) is 0 Å². The first-order chi connectivity index (χ1) is 14.4. The summed E-state index contributed by atoms with van der Waals surface area (Å²) < 4.78 is 10.4. The second kappa shape index (κ2) is 9.70. The molecule has 9 nitrogen and oxygen atoms in total. The topological polar surface area (TPSA) is 106 Å². The molecule has 0 saturated carbocycles. The Morgan fingerprint density at radius 3 is 2.63 bits per heavy atom. The first-order valence-electron chi connectivity index (χ1n) is 8.96. The maximum Gasteiger partial charge on any atom is 0.270 e. The van der Waals surface area contributed by atoms with E-state index in [0.29, 0.717) is 48.5 Å². The smallest absolute Gasteiger partial charge is 0.270 e. The van der Waals surface area contributed by atoms with Crippen LogP contribution in [0.3, 0.4) is 0 Å².